The number of hydrogen-bond acceptors (Lipinski definition) is 3. The largest absolute Gasteiger partial charge is 0.379 e. The molecule has 0 amide bonds. The molecule has 1 saturated carbocycles. The molecular formula is C19H26ClNO2. The van der Waals surface area contributed by atoms with Crippen LogP contribution in [0.4, 0.5) is 0 Å². The minimum absolute atomic E-state index is 0.189. The normalized spacial score (nSPS) is 20.6. The quantitative estimate of drug-likeness (QED) is 0.752. The molecule has 2 fully saturated rings. The van der Waals surface area contributed by atoms with Gasteiger partial charge in [0.1, 0.15) is 0 Å². The van der Waals surface area contributed by atoms with Crippen molar-refractivity contribution in [2.24, 2.45) is 0 Å². The summed E-state index contributed by atoms with van der Waals surface area (Å²) >= 11 is 6.48. The van der Waals surface area contributed by atoms with Crippen LogP contribution >= 0.6 is 11.6 Å². The molecule has 1 heterocycles. The Balaban J connectivity index is 1.58. The van der Waals surface area contributed by atoms with Gasteiger partial charge in [-0.1, -0.05) is 43.0 Å². The maximum Gasteiger partial charge on any atom is 0.164 e. The maximum atomic E-state index is 12.4. The first-order valence-electron chi connectivity index (χ1n) is 8.87. The minimum atomic E-state index is 0.189. The highest BCUT2D eigenvalue weighted by Gasteiger charge is 2.19. The zero-order chi connectivity index (χ0) is 16.1. The predicted molar refractivity (Wildman–Crippen MR) is 93.5 cm³/mol. The van der Waals surface area contributed by atoms with E-state index in [1.807, 2.05) is 12.1 Å². The number of benzene rings is 1. The number of carbonyl (C=O) groups excluding carboxylic acids is 1. The second-order valence-corrected chi connectivity index (χ2v) is 7.11. The van der Waals surface area contributed by atoms with E-state index in [0.29, 0.717) is 12.3 Å². The molecule has 0 N–H and O–H groups in total. The number of rotatable bonds is 5. The number of morpholine rings is 1. The summed E-state index contributed by atoms with van der Waals surface area (Å²) in [6.45, 7) is 4.21. The van der Waals surface area contributed by atoms with Crippen LogP contribution in [-0.2, 0) is 4.74 Å². The van der Waals surface area contributed by atoms with Gasteiger partial charge >= 0.3 is 0 Å². The van der Waals surface area contributed by atoms with Gasteiger partial charge in [0.25, 0.3) is 0 Å². The van der Waals surface area contributed by atoms with Crippen molar-refractivity contribution in [3.05, 3.63) is 34.3 Å². The van der Waals surface area contributed by atoms with Crippen LogP contribution in [0, 0.1) is 0 Å². The number of Topliss-reactive ketones (excluding diaryl/α,β-unsaturated/α-hetero) is 1. The lowest BCUT2D eigenvalue weighted by Gasteiger charge is -2.26. The van der Waals surface area contributed by atoms with Crippen molar-refractivity contribution in [3.8, 4) is 0 Å². The molecule has 0 unspecified atom stereocenters. The van der Waals surface area contributed by atoms with Crippen LogP contribution in [0.5, 0.6) is 0 Å². The van der Waals surface area contributed by atoms with Crippen LogP contribution < -0.4 is 0 Å². The molecule has 1 aromatic rings. The van der Waals surface area contributed by atoms with Crippen LogP contribution in [0.15, 0.2) is 18.2 Å². The Labute approximate surface area is 144 Å². The Morgan fingerprint density at radius 2 is 1.91 bits per heavy atom. The van der Waals surface area contributed by atoms with E-state index in [0.717, 1.165) is 43.4 Å². The number of halogens is 1. The van der Waals surface area contributed by atoms with Crippen LogP contribution in [0.3, 0.4) is 0 Å². The standard InChI is InChI=1S/C19H26ClNO2/c20-18-14-16(6-7-17(18)15-4-2-1-3-5-15)19(22)8-9-21-10-12-23-13-11-21/h6-7,14-15H,1-5,8-13H2. The molecule has 0 atom stereocenters. The molecule has 1 saturated heterocycles. The molecule has 0 radical (unpaired) electrons. The highest BCUT2D eigenvalue weighted by atomic mass is 35.5. The fraction of sp³-hybridized carbons (Fsp3) is 0.632. The number of ether oxygens (including phenoxy) is 1. The Kier molecular flexibility index (Phi) is 6.09. The highest BCUT2D eigenvalue weighted by molar-refractivity contribution is 6.31. The number of carbonyl (C=O) groups is 1. The predicted octanol–water partition coefficient (Wildman–Crippen LogP) is 4.29. The third-order valence-corrected chi connectivity index (χ3v) is 5.45. The van der Waals surface area contributed by atoms with Gasteiger partial charge in [-0.3, -0.25) is 9.69 Å². The van der Waals surface area contributed by atoms with Crippen molar-refractivity contribution in [3.63, 3.8) is 0 Å². The van der Waals surface area contributed by atoms with Gasteiger partial charge in [-0.25, -0.2) is 0 Å². The van der Waals surface area contributed by atoms with E-state index in [-0.39, 0.29) is 5.78 Å². The van der Waals surface area contributed by atoms with E-state index in [1.54, 1.807) is 0 Å². The summed E-state index contributed by atoms with van der Waals surface area (Å²) in [6.07, 6.45) is 6.93. The lowest BCUT2D eigenvalue weighted by Crippen LogP contribution is -2.37. The molecule has 0 aromatic heterocycles. The Morgan fingerprint density at radius 3 is 2.61 bits per heavy atom. The smallest absolute Gasteiger partial charge is 0.164 e. The minimum Gasteiger partial charge on any atom is -0.379 e. The molecule has 3 nitrogen and oxygen atoms in total. The summed E-state index contributed by atoms with van der Waals surface area (Å²) in [6, 6.07) is 5.94. The molecule has 1 aliphatic heterocycles. The molecule has 0 spiro atoms. The van der Waals surface area contributed by atoms with Gasteiger partial charge in [0, 0.05) is 36.6 Å². The molecule has 23 heavy (non-hydrogen) atoms. The number of nitrogens with zero attached hydrogens (tertiary/aromatic N) is 1. The zero-order valence-corrected chi connectivity index (χ0v) is 14.5. The van der Waals surface area contributed by atoms with E-state index in [1.165, 1.54) is 37.7 Å². The van der Waals surface area contributed by atoms with Crippen molar-refractivity contribution in [1.29, 1.82) is 0 Å². The lowest BCUT2D eigenvalue weighted by molar-refractivity contribution is 0.0370. The SMILES string of the molecule is O=C(CCN1CCOCC1)c1ccc(C2CCCCC2)c(Cl)c1. The molecule has 126 valence electrons. The van der Waals surface area contributed by atoms with E-state index in [2.05, 4.69) is 11.0 Å². The average molecular weight is 336 g/mol. The summed E-state index contributed by atoms with van der Waals surface area (Å²) in [5, 5.41) is 0.772. The fourth-order valence-corrected chi connectivity index (χ4v) is 4.01. The van der Waals surface area contributed by atoms with Crippen molar-refractivity contribution in [1.82, 2.24) is 4.90 Å². The van der Waals surface area contributed by atoms with Crippen LogP contribution in [-0.4, -0.2) is 43.5 Å². The van der Waals surface area contributed by atoms with Gasteiger partial charge in [0.15, 0.2) is 5.78 Å². The first-order valence-corrected chi connectivity index (χ1v) is 9.24. The molecule has 1 aromatic carbocycles. The molecule has 0 bridgehead atoms. The summed E-state index contributed by atoms with van der Waals surface area (Å²) < 4.78 is 5.33. The van der Waals surface area contributed by atoms with Gasteiger partial charge in [-0.2, -0.15) is 0 Å². The van der Waals surface area contributed by atoms with Crippen molar-refractivity contribution < 1.29 is 9.53 Å². The third-order valence-electron chi connectivity index (χ3n) is 5.13. The van der Waals surface area contributed by atoms with Gasteiger partial charge in [-0.15, -0.1) is 0 Å². The zero-order valence-electron chi connectivity index (χ0n) is 13.7. The molecule has 2 aliphatic rings. The van der Waals surface area contributed by atoms with Gasteiger partial charge in [0.2, 0.25) is 0 Å². The van der Waals surface area contributed by atoms with E-state index in [4.69, 9.17) is 16.3 Å². The van der Waals surface area contributed by atoms with Crippen molar-refractivity contribution >= 4 is 17.4 Å². The number of ketones is 1. The lowest BCUT2D eigenvalue weighted by atomic mass is 9.83. The second kappa shape index (κ2) is 8.27. The first kappa shape index (κ1) is 16.9. The van der Waals surface area contributed by atoms with Gasteiger partial charge in [-0.05, 0) is 30.4 Å². The summed E-state index contributed by atoms with van der Waals surface area (Å²) in [5.41, 5.74) is 1.99. The number of hydrogen-bond donors (Lipinski definition) is 0. The second-order valence-electron chi connectivity index (χ2n) is 6.70. The molecule has 3 rings (SSSR count). The highest BCUT2D eigenvalue weighted by Crippen LogP contribution is 2.36. The Bertz CT molecular complexity index is 534. The monoisotopic (exact) mass is 335 g/mol. The van der Waals surface area contributed by atoms with Gasteiger partial charge in [0.05, 0.1) is 13.2 Å². The first-order chi connectivity index (χ1) is 11.2. The molecular weight excluding hydrogens is 310 g/mol. The molecule has 4 heteroatoms. The summed E-state index contributed by atoms with van der Waals surface area (Å²) in [4.78, 5) is 14.7. The molecule has 1 aliphatic carbocycles. The third kappa shape index (κ3) is 4.56. The average Bonchev–Trinajstić information content (AvgIpc) is 2.61. The van der Waals surface area contributed by atoms with Crippen molar-refractivity contribution in [2.75, 3.05) is 32.8 Å². The van der Waals surface area contributed by atoms with E-state index in [9.17, 15) is 4.79 Å². The Morgan fingerprint density at radius 1 is 1.17 bits per heavy atom. The summed E-state index contributed by atoms with van der Waals surface area (Å²) in [5.74, 6) is 0.766. The Hall–Kier alpha value is -0.900. The van der Waals surface area contributed by atoms with E-state index >= 15 is 0 Å². The maximum absolute atomic E-state index is 12.4. The fourth-order valence-electron chi connectivity index (χ4n) is 3.67. The van der Waals surface area contributed by atoms with Crippen LogP contribution in [0.2, 0.25) is 5.02 Å². The van der Waals surface area contributed by atoms with E-state index < -0.39 is 0 Å². The van der Waals surface area contributed by atoms with Crippen LogP contribution in [0.1, 0.15) is 60.4 Å². The van der Waals surface area contributed by atoms with Gasteiger partial charge < -0.3 is 4.74 Å². The topological polar surface area (TPSA) is 29.5 Å². The van der Waals surface area contributed by atoms with Crippen molar-refractivity contribution in [2.45, 2.75) is 44.4 Å². The summed E-state index contributed by atoms with van der Waals surface area (Å²) in [7, 11) is 0. The van der Waals surface area contributed by atoms with Crippen LogP contribution in [0.25, 0.3) is 0 Å².